The minimum atomic E-state index is -4.79. The van der Waals surface area contributed by atoms with Crippen LogP contribution in [0, 0.1) is 0 Å². The third-order valence-corrected chi connectivity index (χ3v) is 12.1. The SMILES string of the molecule is CCCCCCCCCCCCc1cccc(Oc2c(O)cccc2S(=O)(=O)O)c1.CCCCCCCCCCCCc1cccc(Oc2c([O-])cccc2S(=O)(=O)[O-])c1.[Ca+2]. The van der Waals surface area contributed by atoms with E-state index in [1.54, 1.807) is 24.3 Å². The van der Waals surface area contributed by atoms with Crippen molar-refractivity contribution < 1.29 is 45.6 Å². The molecule has 2 N–H and O–H groups in total. The molecule has 0 heterocycles. The van der Waals surface area contributed by atoms with Crippen molar-refractivity contribution in [2.45, 2.75) is 165 Å². The zero-order chi connectivity index (χ0) is 43.6. The number of para-hydroxylation sites is 2. The van der Waals surface area contributed by atoms with Gasteiger partial charge in [-0.05, 0) is 79.3 Å². The Morgan fingerprint density at radius 3 is 1.31 bits per heavy atom. The molecule has 4 aromatic carbocycles. The molecule has 0 aromatic heterocycles. The molecule has 4 aromatic rings. The summed E-state index contributed by atoms with van der Waals surface area (Å²) in [5.74, 6) is -0.907. The van der Waals surface area contributed by atoms with Crippen LogP contribution in [0.15, 0.2) is 94.7 Å². The van der Waals surface area contributed by atoms with Crippen LogP contribution in [0.1, 0.15) is 153 Å². The maximum Gasteiger partial charge on any atom is 2.00 e. The second-order valence-electron chi connectivity index (χ2n) is 15.5. The van der Waals surface area contributed by atoms with Gasteiger partial charge in [0.15, 0.2) is 11.5 Å². The molecule has 0 bridgehead atoms. The van der Waals surface area contributed by atoms with Gasteiger partial charge in [-0.1, -0.05) is 178 Å². The van der Waals surface area contributed by atoms with Crippen molar-refractivity contribution in [2.75, 3.05) is 0 Å². The zero-order valence-corrected chi connectivity index (χ0v) is 40.2. The van der Waals surface area contributed by atoms with Gasteiger partial charge in [0.2, 0.25) is 0 Å². The Morgan fingerprint density at radius 2 is 0.885 bits per heavy atom. The Kier molecular flexibility index (Phi) is 27.0. The number of ether oxygens (including phenoxy) is 2. The van der Waals surface area contributed by atoms with Gasteiger partial charge in [-0.3, -0.25) is 4.55 Å². The summed E-state index contributed by atoms with van der Waals surface area (Å²) in [5.41, 5.74) is 2.15. The normalized spacial score (nSPS) is 11.3. The standard InChI is InChI=1S/2C24H34O5S.Ca/c2*1-2-3-4-5-6-7-8-9-10-11-14-20-15-12-16-21(19-20)29-24-22(25)17-13-18-23(24)30(26,27)28;/h2*12-13,15-19,25H,2-11,14H2,1H3,(H,26,27,28);/q;;+2/p-2. The van der Waals surface area contributed by atoms with E-state index in [2.05, 4.69) is 13.8 Å². The van der Waals surface area contributed by atoms with E-state index in [1.165, 1.54) is 146 Å². The molecular weight excluding hydrogens is 841 g/mol. The van der Waals surface area contributed by atoms with Crippen molar-refractivity contribution >= 4 is 58.0 Å². The smallest absolute Gasteiger partial charge is 0.870 e. The van der Waals surface area contributed by atoms with Gasteiger partial charge in [-0.25, -0.2) is 8.42 Å². The first-order valence-electron chi connectivity index (χ1n) is 21.9. The van der Waals surface area contributed by atoms with Gasteiger partial charge >= 0.3 is 37.7 Å². The number of hydrogen-bond donors (Lipinski definition) is 2. The number of phenolic OH excluding ortho intramolecular Hbond substituents is 1. The molecule has 0 radical (unpaired) electrons. The van der Waals surface area contributed by atoms with E-state index in [1.807, 2.05) is 24.3 Å². The summed E-state index contributed by atoms with van der Waals surface area (Å²) in [6.07, 6.45) is 27.4. The van der Waals surface area contributed by atoms with E-state index < -0.39 is 41.5 Å². The monoisotopic (exact) mass is 906 g/mol. The van der Waals surface area contributed by atoms with Crippen molar-refractivity contribution in [1.29, 1.82) is 0 Å². The molecule has 0 spiro atoms. The van der Waals surface area contributed by atoms with Gasteiger partial charge < -0.3 is 24.2 Å². The summed E-state index contributed by atoms with van der Waals surface area (Å²) in [4.78, 5) is -1.09. The largest absolute Gasteiger partial charge is 2.00 e. The summed E-state index contributed by atoms with van der Waals surface area (Å²) >= 11 is 0. The van der Waals surface area contributed by atoms with Gasteiger partial charge in [-0.15, -0.1) is 0 Å². The van der Waals surface area contributed by atoms with Crippen LogP contribution in [0.25, 0.3) is 0 Å². The zero-order valence-electron chi connectivity index (χ0n) is 36.3. The maximum atomic E-state index is 12.0. The van der Waals surface area contributed by atoms with Crippen LogP contribution < -0.4 is 14.6 Å². The molecule has 0 amide bonds. The van der Waals surface area contributed by atoms with E-state index >= 15 is 0 Å². The van der Waals surface area contributed by atoms with E-state index in [0.29, 0.717) is 11.5 Å². The van der Waals surface area contributed by atoms with Crippen molar-refractivity contribution in [2.24, 2.45) is 0 Å². The van der Waals surface area contributed by atoms with Gasteiger partial charge in [0.1, 0.15) is 32.3 Å². The Balaban J connectivity index is 0.000000413. The summed E-state index contributed by atoms with van der Waals surface area (Å²) < 4.78 is 77.8. The minimum absolute atomic E-state index is 0. The fraction of sp³-hybridized carbons (Fsp3) is 0.500. The number of benzene rings is 4. The Labute approximate surface area is 396 Å². The van der Waals surface area contributed by atoms with Crippen LogP contribution in [-0.2, 0) is 33.1 Å². The molecule has 0 atom stereocenters. The number of phenols is 1. The third-order valence-electron chi connectivity index (χ3n) is 10.3. The fourth-order valence-corrected chi connectivity index (χ4v) is 8.25. The maximum absolute atomic E-state index is 12.0. The quantitative estimate of drug-likeness (QED) is 0.0317. The number of aryl methyl sites for hydroxylation is 2. The van der Waals surface area contributed by atoms with E-state index in [0.717, 1.165) is 42.9 Å². The molecule has 0 aliphatic heterocycles. The molecule has 13 heteroatoms. The first kappa shape index (κ1) is 54.3. The van der Waals surface area contributed by atoms with Gasteiger partial charge in [0.05, 0.1) is 4.90 Å². The fourth-order valence-electron chi connectivity index (χ4n) is 7.00. The molecule has 61 heavy (non-hydrogen) atoms. The van der Waals surface area contributed by atoms with Gasteiger partial charge in [0.25, 0.3) is 10.1 Å². The van der Waals surface area contributed by atoms with Crippen molar-refractivity contribution in [3.8, 4) is 34.5 Å². The van der Waals surface area contributed by atoms with Gasteiger partial charge in [-0.2, -0.15) is 8.42 Å². The van der Waals surface area contributed by atoms with Crippen LogP contribution in [0.2, 0.25) is 0 Å². The average molecular weight is 907 g/mol. The molecule has 0 saturated carbocycles. The second kappa shape index (κ2) is 30.3. The topological polar surface area (TPSA) is 173 Å². The predicted octanol–water partition coefficient (Wildman–Crippen LogP) is 12.4. The van der Waals surface area contributed by atoms with Crippen molar-refractivity contribution in [1.82, 2.24) is 0 Å². The molecule has 0 aliphatic rings. The molecule has 0 saturated heterocycles. The second-order valence-corrected chi connectivity index (χ2v) is 18.2. The number of unbranched alkanes of at least 4 members (excludes halogenated alkanes) is 18. The molecule has 332 valence electrons. The number of rotatable bonds is 28. The van der Waals surface area contributed by atoms with Crippen molar-refractivity contribution in [3.63, 3.8) is 0 Å². The molecule has 10 nitrogen and oxygen atoms in total. The first-order valence-corrected chi connectivity index (χ1v) is 24.8. The molecule has 0 aliphatic carbocycles. The first-order chi connectivity index (χ1) is 28.8. The van der Waals surface area contributed by atoms with E-state index in [-0.39, 0.29) is 49.2 Å². The van der Waals surface area contributed by atoms with Crippen molar-refractivity contribution in [3.05, 3.63) is 96.1 Å². The van der Waals surface area contributed by atoms with E-state index in [4.69, 9.17) is 9.47 Å². The van der Waals surface area contributed by atoms with Crippen LogP contribution in [0.5, 0.6) is 34.5 Å². The molecular formula is C48H66CaO10S2. The summed E-state index contributed by atoms with van der Waals surface area (Å²) in [6.45, 7) is 4.48. The minimum Gasteiger partial charge on any atom is -0.870 e. The Bertz CT molecular complexity index is 1910. The van der Waals surface area contributed by atoms with Crippen LogP contribution in [0.4, 0.5) is 0 Å². The third kappa shape index (κ3) is 21.9. The summed E-state index contributed by atoms with van der Waals surface area (Å²) in [5, 5.41) is 22.0. The van der Waals surface area contributed by atoms with E-state index in [9.17, 15) is 36.2 Å². The van der Waals surface area contributed by atoms with Crippen LogP contribution >= 0.6 is 0 Å². The van der Waals surface area contributed by atoms with Crippen LogP contribution in [0.3, 0.4) is 0 Å². The number of hydrogen-bond acceptors (Lipinski definition) is 9. The number of aromatic hydroxyl groups is 1. The Morgan fingerprint density at radius 1 is 0.508 bits per heavy atom. The average Bonchev–Trinajstić information content (AvgIpc) is 3.20. The molecule has 0 fully saturated rings. The predicted molar refractivity (Wildman–Crippen MR) is 242 cm³/mol. The Hall–Kier alpha value is -2.84. The molecule has 0 unspecified atom stereocenters. The summed E-state index contributed by atoms with van der Waals surface area (Å²) in [6, 6.07) is 22.0. The van der Waals surface area contributed by atoms with Gasteiger partial charge in [0, 0.05) is 0 Å². The molecule has 4 rings (SSSR count). The summed E-state index contributed by atoms with van der Waals surface area (Å²) in [7, 11) is -9.30. The van der Waals surface area contributed by atoms with Crippen LogP contribution in [-0.4, -0.2) is 68.8 Å².